The molecular formula is C18H21N5O4. The van der Waals surface area contributed by atoms with Gasteiger partial charge >= 0.3 is 5.97 Å². The van der Waals surface area contributed by atoms with Crippen LogP contribution in [0.15, 0.2) is 41.6 Å². The van der Waals surface area contributed by atoms with Crippen LogP contribution >= 0.6 is 0 Å². The Labute approximate surface area is 155 Å². The number of anilines is 3. The second kappa shape index (κ2) is 7.90. The van der Waals surface area contributed by atoms with Crippen molar-refractivity contribution in [3.05, 3.63) is 47.1 Å². The first-order valence-electron chi connectivity index (χ1n) is 8.61. The van der Waals surface area contributed by atoms with E-state index < -0.39 is 18.1 Å². The van der Waals surface area contributed by atoms with Crippen LogP contribution in [-0.4, -0.2) is 39.6 Å². The van der Waals surface area contributed by atoms with E-state index in [1.807, 2.05) is 6.07 Å². The first kappa shape index (κ1) is 18.4. The number of piperidine rings is 1. The van der Waals surface area contributed by atoms with Crippen molar-refractivity contribution in [2.75, 3.05) is 29.0 Å². The van der Waals surface area contributed by atoms with Gasteiger partial charge in [0, 0.05) is 31.5 Å². The number of nitrogens with zero attached hydrogens (tertiary/aromatic N) is 3. The number of nitrogen functional groups attached to an aromatic ring is 1. The van der Waals surface area contributed by atoms with Crippen LogP contribution in [0.1, 0.15) is 12.8 Å². The van der Waals surface area contributed by atoms with Crippen molar-refractivity contribution < 1.29 is 14.7 Å². The number of nitrogens with one attached hydrogen (secondary N) is 1. The topological polar surface area (TPSA) is 131 Å². The number of carboxylic acid groups (broad SMARTS) is 1. The number of nitrogens with two attached hydrogens (primary N) is 1. The number of carboxylic acids is 1. The molecule has 0 bridgehead atoms. The van der Waals surface area contributed by atoms with E-state index in [1.165, 1.54) is 18.3 Å². The lowest BCUT2D eigenvalue weighted by Gasteiger charge is -2.33. The number of carbonyl (C=O) groups excluding carboxylic acids is 1. The zero-order valence-electron chi connectivity index (χ0n) is 14.7. The minimum Gasteiger partial charge on any atom is -0.480 e. The van der Waals surface area contributed by atoms with Crippen molar-refractivity contribution in [1.29, 1.82) is 0 Å². The smallest absolute Gasteiger partial charge is 0.323 e. The molecule has 2 aromatic rings. The highest BCUT2D eigenvalue weighted by atomic mass is 16.4. The summed E-state index contributed by atoms with van der Waals surface area (Å²) in [5, 5.41) is 11.6. The van der Waals surface area contributed by atoms with Gasteiger partial charge in [-0.2, -0.15) is 0 Å². The average Bonchev–Trinajstić information content (AvgIpc) is 2.64. The van der Waals surface area contributed by atoms with Gasteiger partial charge in [-0.05, 0) is 25.0 Å². The molecule has 27 heavy (non-hydrogen) atoms. The van der Waals surface area contributed by atoms with Gasteiger partial charge in [-0.15, -0.1) is 0 Å². The van der Waals surface area contributed by atoms with Crippen LogP contribution in [0.25, 0.3) is 0 Å². The molecule has 3 rings (SSSR count). The molecule has 4 N–H and O–H groups in total. The van der Waals surface area contributed by atoms with Crippen molar-refractivity contribution in [3.8, 4) is 0 Å². The first-order chi connectivity index (χ1) is 12.9. The SMILES string of the molecule is Nc1cncc(N2CCC[C@H](C(=O)Nc3ccc(=O)n(CC(=O)O)c3)C2)c1. The summed E-state index contributed by atoms with van der Waals surface area (Å²) < 4.78 is 1.05. The second-order valence-corrected chi connectivity index (χ2v) is 6.53. The third kappa shape index (κ3) is 4.63. The molecule has 2 aromatic heterocycles. The third-order valence-corrected chi connectivity index (χ3v) is 4.46. The fourth-order valence-electron chi connectivity index (χ4n) is 3.16. The predicted octanol–water partition coefficient (Wildman–Crippen LogP) is 0.765. The molecule has 1 atom stereocenters. The Hall–Kier alpha value is -3.36. The standard InChI is InChI=1S/C18H21N5O4/c19-13-6-15(8-20-7-13)22-5-1-2-12(9-22)18(27)21-14-3-4-16(24)23(10-14)11-17(25)26/h3-4,6-8,10,12H,1-2,5,9,11,19H2,(H,21,27)(H,25,26)/t12-/m0/s1. The largest absolute Gasteiger partial charge is 0.480 e. The highest BCUT2D eigenvalue weighted by molar-refractivity contribution is 5.93. The molecule has 9 heteroatoms. The normalized spacial score (nSPS) is 16.7. The maximum absolute atomic E-state index is 12.6. The third-order valence-electron chi connectivity index (χ3n) is 4.46. The van der Waals surface area contributed by atoms with Crippen molar-refractivity contribution in [2.45, 2.75) is 19.4 Å². The Bertz CT molecular complexity index is 911. The van der Waals surface area contributed by atoms with Crippen LogP contribution in [0.4, 0.5) is 17.1 Å². The minimum absolute atomic E-state index is 0.169. The van der Waals surface area contributed by atoms with Crippen molar-refractivity contribution >= 4 is 28.9 Å². The molecule has 1 saturated heterocycles. The molecule has 9 nitrogen and oxygen atoms in total. The van der Waals surface area contributed by atoms with E-state index in [9.17, 15) is 14.4 Å². The molecule has 1 amide bonds. The highest BCUT2D eigenvalue weighted by Gasteiger charge is 2.26. The van der Waals surface area contributed by atoms with Crippen LogP contribution < -0.4 is 21.5 Å². The second-order valence-electron chi connectivity index (χ2n) is 6.53. The molecule has 3 heterocycles. The number of rotatable bonds is 5. The van der Waals surface area contributed by atoms with E-state index in [0.717, 1.165) is 29.6 Å². The monoisotopic (exact) mass is 371 g/mol. The minimum atomic E-state index is -1.13. The molecule has 0 aliphatic carbocycles. The Morgan fingerprint density at radius 1 is 1.33 bits per heavy atom. The molecule has 1 aliphatic rings. The summed E-state index contributed by atoms with van der Waals surface area (Å²) in [5.41, 5.74) is 7.19. The van der Waals surface area contributed by atoms with Gasteiger partial charge in [0.2, 0.25) is 5.91 Å². The van der Waals surface area contributed by atoms with E-state index in [-0.39, 0.29) is 11.8 Å². The van der Waals surface area contributed by atoms with Gasteiger partial charge in [0.25, 0.3) is 5.56 Å². The fraction of sp³-hybridized carbons (Fsp3) is 0.333. The lowest BCUT2D eigenvalue weighted by molar-refractivity contribution is -0.137. The summed E-state index contributed by atoms with van der Waals surface area (Å²) in [4.78, 5) is 41.3. The van der Waals surface area contributed by atoms with Gasteiger partial charge < -0.3 is 25.6 Å². The van der Waals surface area contributed by atoms with Gasteiger partial charge in [0.15, 0.2) is 0 Å². The van der Waals surface area contributed by atoms with Gasteiger partial charge in [0.05, 0.1) is 29.2 Å². The van der Waals surface area contributed by atoms with Crippen LogP contribution in [0.3, 0.4) is 0 Å². The Balaban J connectivity index is 1.69. The number of carbonyl (C=O) groups is 2. The van der Waals surface area contributed by atoms with Crippen LogP contribution in [0.5, 0.6) is 0 Å². The zero-order valence-corrected chi connectivity index (χ0v) is 14.7. The molecule has 0 radical (unpaired) electrons. The summed E-state index contributed by atoms with van der Waals surface area (Å²) in [5.74, 6) is -1.53. The maximum atomic E-state index is 12.6. The van der Waals surface area contributed by atoms with E-state index in [2.05, 4.69) is 15.2 Å². The predicted molar refractivity (Wildman–Crippen MR) is 101 cm³/mol. The van der Waals surface area contributed by atoms with Crippen LogP contribution in [0.2, 0.25) is 0 Å². The lowest BCUT2D eigenvalue weighted by Crippen LogP contribution is -2.41. The number of hydrogen-bond acceptors (Lipinski definition) is 6. The van der Waals surface area contributed by atoms with E-state index in [1.54, 1.807) is 12.4 Å². The molecule has 0 spiro atoms. The van der Waals surface area contributed by atoms with Crippen molar-refractivity contribution in [3.63, 3.8) is 0 Å². The summed E-state index contributed by atoms with van der Waals surface area (Å²) in [6.45, 7) is 0.895. The Morgan fingerprint density at radius 3 is 2.89 bits per heavy atom. The van der Waals surface area contributed by atoms with Gasteiger partial charge in [-0.1, -0.05) is 0 Å². The fourth-order valence-corrected chi connectivity index (χ4v) is 3.16. The number of aliphatic carboxylic acids is 1. The van der Waals surface area contributed by atoms with E-state index >= 15 is 0 Å². The van der Waals surface area contributed by atoms with E-state index in [4.69, 9.17) is 10.8 Å². The molecule has 142 valence electrons. The molecule has 0 aromatic carbocycles. The Morgan fingerprint density at radius 2 is 2.15 bits per heavy atom. The molecule has 0 unspecified atom stereocenters. The van der Waals surface area contributed by atoms with E-state index in [0.29, 0.717) is 17.9 Å². The molecule has 0 saturated carbocycles. The summed E-state index contributed by atoms with van der Waals surface area (Å²) >= 11 is 0. The van der Waals surface area contributed by atoms with Gasteiger partial charge in [-0.25, -0.2) is 0 Å². The number of aromatic nitrogens is 2. The number of hydrogen-bond donors (Lipinski definition) is 3. The Kier molecular flexibility index (Phi) is 5.39. The lowest BCUT2D eigenvalue weighted by atomic mass is 9.96. The summed E-state index contributed by atoms with van der Waals surface area (Å²) in [6.07, 6.45) is 6.23. The molecular weight excluding hydrogens is 350 g/mol. The van der Waals surface area contributed by atoms with Gasteiger partial charge in [0.1, 0.15) is 6.54 Å². The number of amides is 1. The summed E-state index contributed by atoms with van der Waals surface area (Å²) in [7, 11) is 0. The van der Waals surface area contributed by atoms with Crippen molar-refractivity contribution in [2.24, 2.45) is 5.92 Å². The zero-order chi connectivity index (χ0) is 19.4. The van der Waals surface area contributed by atoms with Crippen LogP contribution in [-0.2, 0) is 16.1 Å². The first-order valence-corrected chi connectivity index (χ1v) is 8.61. The molecule has 1 fully saturated rings. The van der Waals surface area contributed by atoms with Crippen molar-refractivity contribution in [1.82, 2.24) is 9.55 Å². The van der Waals surface area contributed by atoms with Crippen LogP contribution in [0, 0.1) is 5.92 Å². The summed E-state index contributed by atoms with van der Waals surface area (Å²) in [6, 6.07) is 4.54. The average molecular weight is 371 g/mol. The highest BCUT2D eigenvalue weighted by Crippen LogP contribution is 2.24. The maximum Gasteiger partial charge on any atom is 0.323 e. The quantitative estimate of drug-likeness (QED) is 0.707. The number of pyridine rings is 2. The molecule has 1 aliphatic heterocycles. The van der Waals surface area contributed by atoms with Gasteiger partial charge in [-0.3, -0.25) is 19.4 Å².